The van der Waals surface area contributed by atoms with Crippen LogP contribution in [0.2, 0.25) is 0 Å². The van der Waals surface area contributed by atoms with E-state index in [1.54, 1.807) is 19.8 Å². The van der Waals surface area contributed by atoms with Crippen LogP contribution in [0.15, 0.2) is 66.3 Å². The molecule has 0 N–H and O–H groups in total. The van der Waals surface area contributed by atoms with E-state index in [0.717, 1.165) is 11.5 Å². The minimum absolute atomic E-state index is 0.0512. The number of methoxy groups -OCH3 is 2. The quantitative estimate of drug-likeness (QED) is 0.400. The molecular weight excluding hydrogens is 456 g/mol. The summed E-state index contributed by atoms with van der Waals surface area (Å²) in [6.07, 6.45) is 5.26. The number of allylic oxidation sites excluding steroid dienone is 1. The van der Waals surface area contributed by atoms with Gasteiger partial charge in [0.2, 0.25) is 0 Å². The zero-order valence-electron chi connectivity index (χ0n) is 21.6. The molecule has 0 spiro atoms. The van der Waals surface area contributed by atoms with Crippen molar-refractivity contribution in [1.29, 1.82) is 0 Å². The van der Waals surface area contributed by atoms with E-state index >= 15 is 0 Å². The molecule has 34 heavy (non-hydrogen) atoms. The largest absolute Gasteiger partial charge is 0.497 e. The van der Waals surface area contributed by atoms with Crippen molar-refractivity contribution in [2.45, 2.75) is 56.3 Å². The standard InChI is InChI=1S/C30H36O2S2/c1-27(2,3)23-17-30(28(4,5)6)26-25(23)29(34-30,20-11-15-22(32-8)16-12-20)18-24(33-26)19-9-13-21(31-7)14-10-19/h9-18,25-26H,1-8H3/t25-,26-,29-,30+/m0/s1. The van der Waals surface area contributed by atoms with Gasteiger partial charge in [0, 0.05) is 16.1 Å². The topological polar surface area (TPSA) is 18.5 Å². The summed E-state index contributed by atoms with van der Waals surface area (Å²) in [6.45, 7) is 14.4. The number of hydrogen-bond acceptors (Lipinski definition) is 4. The predicted octanol–water partition coefficient (Wildman–Crippen LogP) is 8.19. The van der Waals surface area contributed by atoms with E-state index in [9.17, 15) is 0 Å². The first kappa shape index (κ1) is 23.9. The normalized spacial score (nSPS) is 30.1. The van der Waals surface area contributed by atoms with Gasteiger partial charge in [-0.05, 0) is 52.3 Å². The third-order valence-corrected chi connectivity index (χ3v) is 11.7. The molecule has 4 bridgehead atoms. The lowest BCUT2D eigenvalue weighted by Crippen LogP contribution is -2.42. The fraction of sp³-hybridized carbons (Fsp3) is 0.467. The molecular formula is C30H36O2S2. The van der Waals surface area contributed by atoms with E-state index < -0.39 is 0 Å². The summed E-state index contributed by atoms with van der Waals surface area (Å²) in [6, 6.07) is 17.4. The Kier molecular flexibility index (Phi) is 5.54. The molecule has 0 unspecified atom stereocenters. The second-order valence-electron chi connectivity index (χ2n) is 11.8. The number of benzene rings is 2. The molecule has 180 valence electrons. The molecule has 0 aromatic heterocycles. The molecule has 0 saturated carbocycles. The SMILES string of the molecule is COc1ccc(C2=C[C@@]3(c4ccc(OC)cc4)S[C@]4(C(C)(C)C)C=C(C(C)(C)C)[C@H]3[C@@H]4S2)cc1. The maximum absolute atomic E-state index is 5.51. The lowest BCUT2D eigenvalue weighted by molar-refractivity contribution is 0.321. The van der Waals surface area contributed by atoms with Crippen LogP contribution in [0.25, 0.3) is 4.91 Å². The summed E-state index contributed by atoms with van der Waals surface area (Å²) in [4.78, 5) is 1.38. The molecule has 0 radical (unpaired) electrons. The van der Waals surface area contributed by atoms with Crippen molar-refractivity contribution in [2.75, 3.05) is 14.2 Å². The van der Waals surface area contributed by atoms with E-state index in [0.29, 0.717) is 11.2 Å². The van der Waals surface area contributed by atoms with Gasteiger partial charge >= 0.3 is 0 Å². The van der Waals surface area contributed by atoms with Crippen molar-refractivity contribution in [2.24, 2.45) is 16.7 Å². The molecule has 2 aliphatic heterocycles. The lowest BCUT2D eigenvalue weighted by Gasteiger charge is -2.45. The maximum atomic E-state index is 5.51. The highest BCUT2D eigenvalue weighted by Crippen LogP contribution is 2.78. The average molecular weight is 493 g/mol. The van der Waals surface area contributed by atoms with Crippen molar-refractivity contribution >= 4 is 28.4 Å². The minimum Gasteiger partial charge on any atom is -0.497 e. The van der Waals surface area contributed by atoms with E-state index in [2.05, 4.69) is 126 Å². The maximum Gasteiger partial charge on any atom is 0.118 e. The molecule has 5 rings (SSSR count). The van der Waals surface area contributed by atoms with E-state index in [1.165, 1.54) is 16.0 Å². The first-order chi connectivity index (χ1) is 15.9. The number of rotatable bonds is 4. The Labute approximate surface area is 213 Å². The molecule has 4 heteroatoms. The second kappa shape index (κ2) is 7.86. The van der Waals surface area contributed by atoms with Gasteiger partial charge in [0.25, 0.3) is 0 Å². The average Bonchev–Trinajstić information content (AvgIpc) is 3.23. The molecule has 2 aromatic carbocycles. The number of hydrogen-bond donors (Lipinski definition) is 0. The smallest absolute Gasteiger partial charge is 0.118 e. The van der Waals surface area contributed by atoms with Crippen molar-refractivity contribution in [3.05, 3.63) is 77.4 Å². The Bertz CT molecular complexity index is 1150. The predicted molar refractivity (Wildman–Crippen MR) is 148 cm³/mol. The molecule has 2 heterocycles. The lowest BCUT2D eigenvalue weighted by atomic mass is 9.71. The summed E-state index contributed by atoms with van der Waals surface area (Å²) in [7, 11) is 3.47. The van der Waals surface area contributed by atoms with Crippen molar-refractivity contribution < 1.29 is 9.47 Å². The summed E-state index contributed by atoms with van der Waals surface area (Å²) < 4.78 is 10.9. The first-order valence-corrected chi connectivity index (χ1v) is 13.8. The zero-order valence-corrected chi connectivity index (χ0v) is 23.2. The summed E-state index contributed by atoms with van der Waals surface area (Å²) in [5.41, 5.74) is 4.51. The molecule has 4 atom stereocenters. The van der Waals surface area contributed by atoms with Gasteiger partial charge in [-0.25, -0.2) is 0 Å². The Morgan fingerprint density at radius 1 is 0.765 bits per heavy atom. The highest BCUT2D eigenvalue weighted by Gasteiger charge is 2.71. The van der Waals surface area contributed by atoms with E-state index in [4.69, 9.17) is 9.47 Å². The van der Waals surface area contributed by atoms with Crippen LogP contribution >= 0.6 is 23.5 Å². The Morgan fingerprint density at radius 3 is 1.82 bits per heavy atom. The monoisotopic (exact) mass is 492 g/mol. The molecule has 1 fully saturated rings. The van der Waals surface area contributed by atoms with Crippen molar-refractivity contribution in [3.8, 4) is 11.5 Å². The molecule has 3 aliphatic rings. The van der Waals surface area contributed by atoms with Crippen molar-refractivity contribution in [1.82, 2.24) is 0 Å². The summed E-state index contributed by atoms with van der Waals surface area (Å²) in [5, 5.41) is 0.482. The van der Waals surface area contributed by atoms with Crippen molar-refractivity contribution in [3.63, 3.8) is 0 Å². The van der Waals surface area contributed by atoms with Gasteiger partial charge in [-0.3, -0.25) is 0 Å². The van der Waals surface area contributed by atoms with Crippen LogP contribution in [-0.2, 0) is 4.75 Å². The van der Waals surface area contributed by atoms with Gasteiger partial charge in [0.1, 0.15) is 11.5 Å². The molecule has 1 aliphatic carbocycles. The summed E-state index contributed by atoms with van der Waals surface area (Å²) in [5.74, 6) is 2.26. The van der Waals surface area contributed by atoms with Crippen LogP contribution in [0.3, 0.4) is 0 Å². The molecule has 0 amide bonds. The van der Waals surface area contributed by atoms with Crippen LogP contribution in [0.1, 0.15) is 52.7 Å². The molecule has 2 aromatic rings. The molecule has 2 nitrogen and oxygen atoms in total. The van der Waals surface area contributed by atoms with Crippen LogP contribution in [0, 0.1) is 16.7 Å². The van der Waals surface area contributed by atoms with Gasteiger partial charge in [-0.15, -0.1) is 23.5 Å². The van der Waals surface area contributed by atoms with Crippen LogP contribution in [0.4, 0.5) is 0 Å². The molecule has 1 saturated heterocycles. The first-order valence-electron chi connectivity index (χ1n) is 12.1. The van der Waals surface area contributed by atoms with E-state index in [-0.39, 0.29) is 20.3 Å². The fourth-order valence-corrected chi connectivity index (χ4v) is 10.4. The number of thioether (sulfide) groups is 2. The Hall–Kier alpha value is -1.78. The van der Waals surface area contributed by atoms with Crippen LogP contribution < -0.4 is 9.47 Å². The van der Waals surface area contributed by atoms with Gasteiger partial charge in [0.05, 0.1) is 23.7 Å². The van der Waals surface area contributed by atoms with Gasteiger partial charge in [0.15, 0.2) is 0 Å². The summed E-state index contributed by atoms with van der Waals surface area (Å²) >= 11 is 4.27. The Morgan fingerprint density at radius 2 is 1.32 bits per heavy atom. The highest BCUT2D eigenvalue weighted by molar-refractivity contribution is 8.12. The minimum atomic E-state index is -0.109. The van der Waals surface area contributed by atoms with Gasteiger partial charge < -0.3 is 9.47 Å². The van der Waals surface area contributed by atoms with Gasteiger partial charge in [-0.1, -0.05) is 77.5 Å². The van der Waals surface area contributed by atoms with Crippen LogP contribution in [0.5, 0.6) is 11.5 Å². The van der Waals surface area contributed by atoms with E-state index in [1.807, 2.05) is 0 Å². The third-order valence-electron chi connectivity index (χ3n) is 7.78. The van der Waals surface area contributed by atoms with Gasteiger partial charge in [-0.2, -0.15) is 0 Å². The second-order valence-corrected chi connectivity index (χ2v) is 14.5. The number of ether oxygens (including phenoxy) is 2. The highest BCUT2D eigenvalue weighted by atomic mass is 32.2. The van der Waals surface area contributed by atoms with Crippen LogP contribution in [-0.4, -0.2) is 24.2 Å². The third kappa shape index (κ3) is 3.39. The zero-order chi connectivity index (χ0) is 24.5. The fourth-order valence-electron chi connectivity index (χ4n) is 5.90. The Balaban J connectivity index is 1.74.